The molecule has 0 unspecified atom stereocenters. The van der Waals surface area contributed by atoms with Crippen molar-refractivity contribution in [3.63, 3.8) is 0 Å². The number of amides is 1. The van der Waals surface area contributed by atoms with Crippen molar-refractivity contribution in [1.29, 1.82) is 0 Å². The number of hydrogen-bond acceptors (Lipinski definition) is 5. The number of halogens is 1. The third kappa shape index (κ3) is 5.26. The minimum atomic E-state index is -0.366. The van der Waals surface area contributed by atoms with E-state index in [1.165, 1.54) is 22.6 Å². The molecule has 0 radical (unpaired) electrons. The van der Waals surface area contributed by atoms with Gasteiger partial charge in [0.05, 0.1) is 12.2 Å². The molecule has 5 nitrogen and oxygen atoms in total. The number of benzene rings is 1. The van der Waals surface area contributed by atoms with Gasteiger partial charge in [0.1, 0.15) is 10.8 Å². The van der Waals surface area contributed by atoms with Gasteiger partial charge >= 0.3 is 5.97 Å². The molecule has 150 valence electrons. The maximum absolute atomic E-state index is 12.6. The first-order chi connectivity index (χ1) is 13.6. The van der Waals surface area contributed by atoms with Crippen LogP contribution >= 0.6 is 22.9 Å². The summed E-state index contributed by atoms with van der Waals surface area (Å²) in [6, 6.07) is 6.81. The predicted molar refractivity (Wildman–Crippen MR) is 112 cm³/mol. The lowest BCUT2D eigenvalue weighted by molar-refractivity contribution is -0.118. The third-order valence-electron chi connectivity index (χ3n) is 4.59. The van der Waals surface area contributed by atoms with Crippen molar-refractivity contribution in [3.8, 4) is 5.75 Å². The fourth-order valence-electron chi connectivity index (χ4n) is 3.27. The van der Waals surface area contributed by atoms with Gasteiger partial charge in [-0.15, -0.1) is 11.3 Å². The molecule has 1 aromatic carbocycles. The molecule has 1 heterocycles. The molecule has 2 aromatic rings. The number of aryl methyl sites for hydroxylation is 1. The number of fused-ring (bicyclic) bond motifs is 1. The number of hydrogen-bond donors (Lipinski definition) is 1. The van der Waals surface area contributed by atoms with Crippen LogP contribution in [-0.4, -0.2) is 25.1 Å². The molecular weight excluding hydrogens is 398 g/mol. The van der Waals surface area contributed by atoms with E-state index in [1.54, 1.807) is 31.2 Å². The molecule has 0 aliphatic heterocycles. The van der Waals surface area contributed by atoms with Gasteiger partial charge in [-0.1, -0.05) is 24.4 Å². The number of nitrogens with one attached hydrogen (secondary N) is 1. The van der Waals surface area contributed by atoms with E-state index in [0.29, 0.717) is 27.9 Å². The van der Waals surface area contributed by atoms with Crippen LogP contribution in [0.5, 0.6) is 5.75 Å². The summed E-state index contributed by atoms with van der Waals surface area (Å²) in [7, 11) is 0. The molecule has 1 aromatic heterocycles. The highest BCUT2D eigenvalue weighted by Gasteiger charge is 2.26. The first kappa shape index (κ1) is 20.7. The normalized spacial score (nSPS) is 13.8. The highest BCUT2D eigenvalue weighted by Crippen LogP contribution is 2.37. The Kier molecular flexibility index (Phi) is 7.34. The van der Waals surface area contributed by atoms with Crippen molar-refractivity contribution in [1.82, 2.24) is 0 Å². The van der Waals surface area contributed by atoms with Crippen molar-refractivity contribution in [3.05, 3.63) is 45.3 Å². The zero-order chi connectivity index (χ0) is 19.9. The van der Waals surface area contributed by atoms with Crippen LogP contribution in [0.4, 0.5) is 5.00 Å². The monoisotopic (exact) mass is 421 g/mol. The van der Waals surface area contributed by atoms with Crippen LogP contribution in [0.1, 0.15) is 53.4 Å². The summed E-state index contributed by atoms with van der Waals surface area (Å²) >= 11 is 7.33. The van der Waals surface area contributed by atoms with E-state index in [4.69, 9.17) is 21.1 Å². The van der Waals surface area contributed by atoms with Gasteiger partial charge in [-0.2, -0.15) is 0 Å². The Morgan fingerprint density at radius 1 is 1.11 bits per heavy atom. The molecule has 0 fully saturated rings. The number of carbonyl (C=O) groups is 2. The lowest BCUT2D eigenvalue weighted by Gasteiger charge is -2.11. The molecule has 0 atom stereocenters. The van der Waals surface area contributed by atoms with Gasteiger partial charge in [0.25, 0.3) is 5.91 Å². The maximum atomic E-state index is 12.6. The Balaban J connectivity index is 1.75. The highest BCUT2D eigenvalue weighted by atomic mass is 35.5. The van der Waals surface area contributed by atoms with E-state index in [-0.39, 0.29) is 18.5 Å². The van der Waals surface area contributed by atoms with Gasteiger partial charge in [0.2, 0.25) is 0 Å². The van der Waals surface area contributed by atoms with Gasteiger partial charge in [0, 0.05) is 9.90 Å². The van der Waals surface area contributed by atoms with Crippen LogP contribution in [0.25, 0.3) is 0 Å². The Morgan fingerprint density at radius 3 is 2.54 bits per heavy atom. The average molecular weight is 422 g/mol. The first-order valence-corrected chi connectivity index (χ1v) is 10.8. The largest absolute Gasteiger partial charge is 0.484 e. The minimum absolute atomic E-state index is 0.146. The Bertz CT molecular complexity index is 832. The van der Waals surface area contributed by atoms with Crippen LogP contribution in [0, 0.1) is 0 Å². The van der Waals surface area contributed by atoms with E-state index in [1.807, 2.05) is 0 Å². The predicted octanol–water partition coefficient (Wildman–Crippen LogP) is 5.25. The molecule has 0 saturated heterocycles. The molecule has 3 rings (SSSR count). The van der Waals surface area contributed by atoms with Gasteiger partial charge in [0.15, 0.2) is 6.61 Å². The minimum Gasteiger partial charge on any atom is -0.484 e. The summed E-state index contributed by atoms with van der Waals surface area (Å²) < 4.78 is 10.8. The SMILES string of the molecule is CCOC(=O)c1c(NC(=O)COc2ccc(Cl)cc2)sc2c1CCCCCC2. The number of thiophene rings is 1. The number of rotatable bonds is 6. The molecular formula is C21H24ClNO4S. The lowest BCUT2D eigenvalue weighted by Crippen LogP contribution is -2.21. The van der Waals surface area contributed by atoms with Crippen molar-refractivity contribution in [2.24, 2.45) is 0 Å². The van der Waals surface area contributed by atoms with Crippen LogP contribution < -0.4 is 10.1 Å². The Morgan fingerprint density at radius 2 is 1.82 bits per heavy atom. The van der Waals surface area contributed by atoms with Gasteiger partial charge in [-0.05, 0) is 62.4 Å². The van der Waals surface area contributed by atoms with Crippen molar-refractivity contribution in [2.75, 3.05) is 18.5 Å². The van der Waals surface area contributed by atoms with E-state index >= 15 is 0 Å². The summed E-state index contributed by atoms with van der Waals surface area (Å²) in [6.45, 7) is 1.94. The molecule has 28 heavy (non-hydrogen) atoms. The van der Waals surface area contributed by atoms with Crippen LogP contribution in [0.15, 0.2) is 24.3 Å². The summed E-state index contributed by atoms with van der Waals surface area (Å²) in [5, 5.41) is 4.03. The smallest absolute Gasteiger partial charge is 0.341 e. The second kappa shape index (κ2) is 9.94. The van der Waals surface area contributed by atoms with E-state index < -0.39 is 0 Å². The number of esters is 1. The fourth-order valence-corrected chi connectivity index (χ4v) is 4.69. The number of ether oxygens (including phenoxy) is 2. The molecule has 0 bridgehead atoms. The number of carbonyl (C=O) groups excluding carboxylic acids is 2. The second-order valence-electron chi connectivity index (χ2n) is 6.63. The third-order valence-corrected chi connectivity index (χ3v) is 6.05. The average Bonchev–Trinajstić information content (AvgIpc) is 2.97. The Labute approximate surface area is 174 Å². The second-order valence-corrected chi connectivity index (χ2v) is 8.17. The van der Waals surface area contributed by atoms with Crippen LogP contribution in [-0.2, 0) is 22.4 Å². The van der Waals surface area contributed by atoms with Crippen LogP contribution in [0.2, 0.25) is 5.02 Å². The molecule has 1 amide bonds. The molecule has 0 spiro atoms. The van der Waals surface area contributed by atoms with E-state index in [9.17, 15) is 9.59 Å². The number of anilines is 1. The van der Waals surface area contributed by atoms with Crippen molar-refractivity contribution >= 4 is 39.8 Å². The molecule has 1 N–H and O–H groups in total. The van der Waals surface area contributed by atoms with Gasteiger partial charge < -0.3 is 14.8 Å². The van der Waals surface area contributed by atoms with Crippen molar-refractivity contribution in [2.45, 2.75) is 45.4 Å². The maximum Gasteiger partial charge on any atom is 0.341 e. The summed E-state index contributed by atoms with van der Waals surface area (Å²) in [6.07, 6.45) is 6.28. The first-order valence-electron chi connectivity index (χ1n) is 9.58. The van der Waals surface area contributed by atoms with Crippen LogP contribution in [0.3, 0.4) is 0 Å². The zero-order valence-electron chi connectivity index (χ0n) is 15.9. The summed E-state index contributed by atoms with van der Waals surface area (Å²) in [5.74, 6) is -0.118. The highest BCUT2D eigenvalue weighted by molar-refractivity contribution is 7.17. The zero-order valence-corrected chi connectivity index (χ0v) is 17.5. The molecule has 0 saturated carbocycles. The topological polar surface area (TPSA) is 64.6 Å². The van der Waals surface area contributed by atoms with E-state index in [0.717, 1.165) is 37.7 Å². The summed E-state index contributed by atoms with van der Waals surface area (Å²) in [5.41, 5.74) is 1.56. The molecule has 1 aliphatic rings. The molecule has 1 aliphatic carbocycles. The molecule has 7 heteroatoms. The fraction of sp³-hybridized carbons (Fsp3) is 0.429. The van der Waals surface area contributed by atoms with Gasteiger partial charge in [-0.25, -0.2) is 4.79 Å². The lowest BCUT2D eigenvalue weighted by atomic mass is 9.96. The summed E-state index contributed by atoms with van der Waals surface area (Å²) in [4.78, 5) is 26.2. The quantitative estimate of drug-likeness (QED) is 0.646. The Hall–Kier alpha value is -2.05. The van der Waals surface area contributed by atoms with E-state index in [2.05, 4.69) is 5.32 Å². The van der Waals surface area contributed by atoms with Gasteiger partial charge in [-0.3, -0.25) is 4.79 Å². The standard InChI is InChI=1S/C21H24ClNO4S/c1-2-26-21(25)19-16-7-5-3-4-6-8-17(16)28-20(19)23-18(24)13-27-15-11-9-14(22)10-12-15/h9-12H,2-8,13H2,1H3,(H,23,24). The van der Waals surface area contributed by atoms with Crippen molar-refractivity contribution < 1.29 is 19.1 Å².